The summed E-state index contributed by atoms with van der Waals surface area (Å²) in [5.74, 6) is -0.00540. The molecule has 18 heavy (non-hydrogen) atoms. The molecule has 0 aliphatic heterocycles. The van der Waals surface area contributed by atoms with Gasteiger partial charge in [0.1, 0.15) is 0 Å². The van der Waals surface area contributed by atoms with Crippen LogP contribution in [0.5, 0.6) is 0 Å². The molecule has 0 N–H and O–H groups in total. The van der Waals surface area contributed by atoms with Crippen LogP contribution in [0.4, 0.5) is 0 Å². The highest BCUT2D eigenvalue weighted by atomic mass is 35.5. The number of carbonyl (C=O) groups is 2. The minimum atomic E-state index is -0.00568. The van der Waals surface area contributed by atoms with Crippen molar-refractivity contribution in [1.29, 1.82) is 0 Å². The zero-order valence-corrected chi connectivity index (χ0v) is 12.3. The second kappa shape index (κ2) is 6.87. The molecule has 0 saturated heterocycles. The lowest BCUT2D eigenvalue weighted by molar-refractivity contribution is -0.129. The van der Waals surface area contributed by atoms with Gasteiger partial charge >= 0.3 is 0 Å². The van der Waals surface area contributed by atoms with E-state index in [-0.39, 0.29) is 24.8 Å². The van der Waals surface area contributed by atoms with Crippen LogP contribution in [0.1, 0.15) is 16.6 Å². The first-order chi connectivity index (χ1) is 8.43. The monoisotopic (exact) mass is 288 g/mol. The lowest BCUT2D eigenvalue weighted by Gasteiger charge is -2.20. The predicted molar refractivity (Wildman–Crippen MR) is 74.5 cm³/mol. The topological polar surface area (TPSA) is 40.6 Å². The van der Waals surface area contributed by atoms with Gasteiger partial charge in [0.05, 0.1) is 22.3 Å². The Labute approximate surface area is 116 Å². The minimum absolute atomic E-state index is 0.000283. The summed E-state index contributed by atoms with van der Waals surface area (Å²) in [7, 11) is 3.41. The molecule has 0 fully saturated rings. The molecule has 0 aromatic carbocycles. The van der Waals surface area contributed by atoms with E-state index in [1.165, 1.54) is 16.2 Å². The third-order valence-corrected chi connectivity index (χ3v) is 3.79. The van der Waals surface area contributed by atoms with Gasteiger partial charge in [-0.3, -0.25) is 14.5 Å². The average molecular weight is 289 g/mol. The first-order valence-corrected chi connectivity index (χ1v) is 6.84. The highest BCUT2D eigenvalue weighted by molar-refractivity contribution is 7.18. The molecule has 0 atom stereocenters. The third kappa shape index (κ3) is 4.40. The van der Waals surface area contributed by atoms with Crippen molar-refractivity contribution in [3.8, 4) is 0 Å². The van der Waals surface area contributed by atoms with E-state index in [1.807, 2.05) is 11.8 Å². The van der Waals surface area contributed by atoms with Crippen LogP contribution in [-0.4, -0.2) is 55.2 Å². The predicted octanol–water partition coefficient (Wildman–Crippen LogP) is 1.99. The van der Waals surface area contributed by atoms with Gasteiger partial charge in [0.2, 0.25) is 5.91 Å². The molecule has 1 heterocycles. The highest BCUT2D eigenvalue weighted by Gasteiger charge is 2.16. The van der Waals surface area contributed by atoms with E-state index in [4.69, 9.17) is 11.6 Å². The number of amides is 1. The van der Waals surface area contributed by atoms with Gasteiger partial charge in [0, 0.05) is 14.1 Å². The van der Waals surface area contributed by atoms with Gasteiger partial charge in [-0.25, -0.2) is 0 Å². The van der Waals surface area contributed by atoms with Crippen molar-refractivity contribution < 1.29 is 9.59 Å². The Bertz CT molecular complexity index is 431. The molecule has 0 spiro atoms. The van der Waals surface area contributed by atoms with Crippen molar-refractivity contribution in [2.45, 2.75) is 6.92 Å². The summed E-state index contributed by atoms with van der Waals surface area (Å²) in [5.41, 5.74) is 0. The second-order valence-electron chi connectivity index (χ2n) is 4.12. The second-order valence-corrected chi connectivity index (χ2v) is 5.83. The van der Waals surface area contributed by atoms with Crippen LogP contribution in [0.25, 0.3) is 0 Å². The number of thiophene rings is 1. The SMILES string of the molecule is CCN(CC(=O)c1ccc(Cl)s1)CC(=O)N(C)C. The summed E-state index contributed by atoms with van der Waals surface area (Å²) in [6.07, 6.45) is 0. The Hall–Kier alpha value is -0.910. The number of Topliss-reactive ketones (excluding diaryl/α,β-unsaturated/α-hetero) is 1. The summed E-state index contributed by atoms with van der Waals surface area (Å²) >= 11 is 7.06. The van der Waals surface area contributed by atoms with Crippen LogP contribution >= 0.6 is 22.9 Å². The number of rotatable bonds is 6. The fraction of sp³-hybridized carbons (Fsp3) is 0.500. The maximum absolute atomic E-state index is 12.0. The fourth-order valence-electron chi connectivity index (χ4n) is 1.36. The molecule has 1 aromatic rings. The molecule has 0 aliphatic carbocycles. The molecular formula is C12H17ClN2O2S. The first kappa shape index (κ1) is 15.1. The molecular weight excluding hydrogens is 272 g/mol. The van der Waals surface area contributed by atoms with Crippen molar-refractivity contribution in [2.24, 2.45) is 0 Å². The van der Waals surface area contributed by atoms with E-state index in [0.29, 0.717) is 15.8 Å². The van der Waals surface area contributed by atoms with E-state index in [2.05, 4.69) is 0 Å². The Balaban J connectivity index is 2.58. The van der Waals surface area contributed by atoms with Gasteiger partial charge in [0.15, 0.2) is 5.78 Å². The van der Waals surface area contributed by atoms with E-state index in [0.717, 1.165) is 0 Å². The third-order valence-electron chi connectivity index (χ3n) is 2.52. The van der Waals surface area contributed by atoms with E-state index in [1.54, 1.807) is 26.2 Å². The molecule has 0 saturated carbocycles. The summed E-state index contributed by atoms with van der Waals surface area (Å²) in [5, 5.41) is 0. The van der Waals surface area contributed by atoms with Crippen LogP contribution in [-0.2, 0) is 4.79 Å². The zero-order valence-electron chi connectivity index (χ0n) is 10.8. The Kier molecular flexibility index (Phi) is 5.78. The van der Waals surface area contributed by atoms with Gasteiger partial charge in [-0.1, -0.05) is 18.5 Å². The van der Waals surface area contributed by atoms with E-state index < -0.39 is 0 Å². The molecule has 4 nitrogen and oxygen atoms in total. The molecule has 0 aliphatic rings. The summed E-state index contributed by atoms with van der Waals surface area (Å²) in [4.78, 5) is 27.5. The quantitative estimate of drug-likeness (QED) is 0.752. The van der Waals surface area contributed by atoms with Crippen LogP contribution in [0, 0.1) is 0 Å². The van der Waals surface area contributed by atoms with Gasteiger partial charge in [-0.15, -0.1) is 11.3 Å². The van der Waals surface area contributed by atoms with Crippen molar-refractivity contribution in [1.82, 2.24) is 9.80 Å². The maximum Gasteiger partial charge on any atom is 0.236 e. The summed E-state index contributed by atoms with van der Waals surface area (Å²) in [6.45, 7) is 3.09. The number of halogens is 1. The average Bonchev–Trinajstić information content (AvgIpc) is 2.74. The van der Waals surface area contributed by atoms with Crippen LogP contribution in [0.15, 0.2) is 12.1 Å². The molecule has 0 bridgehead atoms. The normalized spacial score (nSPS) is 10.7. The Morgan fingerprint density at radius 1 is 1.28 bits per heavy atom. The van der Waals surface area contributed by atoms with Gasteiger partial charge < -0.3 is 4.90 Å². The molecule has 6 heteroatoms. The Morgan fingerprint density at radius 3 is 2.39 bits per heavy atom. The van der Waals surface area contributed by atoms with Crippen LogP contribution < -0.4 is 0 Å². The van der Waals surface area contributed by atoms with Gasteiger partial charge in [0.25, 0.3) is 0 Å². The number of nitrogens with zero attached hydrogens (tertiary/aromatic N) is 2. The van der Waals surface area contributed by atoms with Gasteiger partial charge in [-0.2, -0.15) is 0 Å². The van der Waals surface area contributed by atoms with Crippen LogP contribution in [0.2, 0.25) is 4.34 Å². The van der Waals surface area contributed by atoms with Crippen molar-refractivity contribution in [3.63, 3.8) is 0 Å². The van der Waals surface area contributed by atoms with Crippen molar-refractivity contribution in [3.05, 3.63) is 21.3 Å². The molecule has 0 radical (unpaired) electrons. The smallest absolute Gasteiger partial charge is 0.236 e. The lowest BCUT2D eigenvalue weighted by Crippen LogP contribution is -2.39. The number of ketones is 1. The standard InChI is InChI=1S/C12H17ClN2O2S/c1-4-15(8-12(17)14(2)3)7-9(16)10-5-6-11(13)18-10/h5-6H,4,7-8H2,1-3H3. The van der Waals surface area contributed by atoms with Crippen molar-refractivity contribution in [2.75, 3.05) is 33.7 Å². The fourth-order valence-corrected chi connectivity index (χ4v) is 2.33. The van der Waals surface area contributed by atoms with E-state index >= 15 is 0 Å². The Morgan fingerprint density at radius 2 is 1.94 bits per heavy atom. The number of carbonyl (C=O) groups excluding carboxylic acids is 2. The largest absolute Gasteiger partial charge is 0.348 e. The summed E-state index contributed by atoms with van der Waals surface area (Å²) in [6, 6.07) is 3.43. The molecule has 100 valence electrons. The lowest BCUT2D eigenvalue weighted by atomic mass is 10.3. The van der Waals surface area contributed by atoms with Crippen LogP contribution in [0.3, 0.4) is 0 Å². The zero-order chi connectivity index (χ0) is 13.7. The van der Waals surface area contributed by atoms with Crippen molar-refractivity contribution >= 4 is 34.6 Å². The number of likely N-dealkylation sites (N-methyl/N-ethyl adjacent to an activating group) is 2. The number of hydrogen-bond donors (Lipinski definition) is 0. The summed E-state index contributed by atoms with van der Waals surface area (Å²) < 4.78 is 0.603. The molecule has 1 rings (SSSR count). The highest BCUT2D eigenvalue weighted by Crippen LogP contribution is 2.21. The molecule has 0 unspecified atom stereocenters. The number of hydrogen-bond acceptors (Lipinski definition) is 4. The first-order valence-electron chi connectivity index (χ1n) is 5.65. The van der Waals surface area contributed by atoms with Gasteiger partial charge in [-0.05, 0) is 18.7 Å². The molecule has 1 aromatic heterocycles. The minimum Gasteiger partial charge on any atom is -0.348 e. The maximum atomic E-state index is 12.0. The van der Waals surface area contributed by atoms with E-state index in [9.17, 15) is 9.59 Å². The molecule has 1 amide bonds.